The fraction of sp³-hybridized carbons (Fsp3) is 0.750. The van der Waals surface area contributed by atoms with Gasteiger partial charge >= 0.3 is 0 Å². The van der Waals surface area contributed by atoms with E-state index in [2.05, 4.69) is 5.10 Å². The molecule has 0 fully saturated rings. The molecule has 0 unspecified atom stereocenters. The van der Waals surface area contributed by atoms with Crippen LogP contribution in [0.2, 0.25) is 0 Å². The summed E-state index contributed by atoms with van der Waals surface area (Å²) in [6.45, 7) is 1.89. The van der Waals surface area contributed by atoms with Gasteiger partial charge in [0.15, 0.2) is 0 Å². The summed E-state index contributed by atoms with van der Waals surface area (Å²) in [7, 11) is 3.78. The number of hydrogen-bond donors (Lipinski definition) is 0. The lowest BCUT2D eigenvalue weighted by Gasteiger charge is -1.98. The van der Waals surface area contributed by atoms with Crippen LogP contribution in [0.15, 0.2) is 5.10 Å². The van der Waals surface area contributed by atoms with E-state index in [0.717, 1.165) is 0 Å². The Kier molecular flexibility index (Phi) is 2.46. The molecule has 0 heterocycles. The average molecular weight is 86.1 g/mol. The Labute approximate surface area is 38.5 Å². The van der Waals surface area contributed by atoms with E-state index in [1.54, 1.807) is 11.2 Å². The molecule has 0 aromatic carbocycles. The van der Waals surface area contributed by atoms with Gasteiger partial charge in [0.05, 0.1) is 0 Å². The highest BCUT2D eigenvalue weighted by atomic mass is 15.4. The number of rotatable bonds is 1. The monoisotopic (exact) mass is 86.1 g/mol. The Morgan fingerprint density at radius 3 is 2.00 bits per heavy atom. The molecular weight excluding hydrogens is 76.1 g/mol. The van der Waals surface area contributed by atoms with Gasteiger partial charge in [-0.25, -0.2) is 0 Å². The van der Waals surface area contributed by atoms with Crippen LogP contribution < -0.4 is 0 Å². The molecule has 0 bridgehead atoms. The first-order valence-corrected chi connectivity index (χ1v) is 1.93. The van der Waals surface area contributed by atoms with Crippen LogP contribution in [0, 0.1) is 0 Å². The van der Waals surface area contributed by atoms with Gasteiger partial charge in [-0.15, -0.1) is 0 Å². The molecule has 6 heavy (non-hydrogen) atoms. The van der Waals surface area contributed by atoms with Gasteiger partial charge in [0.2, 0.25) is 0 Å². The number of hydrazone groups is 1. The lowest BCUT2D eigenvalue weighted by molar-refractivity contribution is 0.440. The molecule has 0 saturated heterocycles. The third-order valence-corrected chi connectivity index (χ3v) is 0.346. The maximum Gasteiger partial charge on any atom is 0.0244 e. The van der Waals surface area contributed by atoms with Crippen molar-refractivity contribution in [2.45, 2.75) is 6.92 Å². The predicted octanol–water partition coefficient (Wildman–Crippen LogP) is 0.554. The molecule has 0 aliphatic rings. The Hall–Kier alpha value is -0.530. The summed E-state index contributed by atoms with van der Waals surface area (Å²) < 4.78 is 0. The summed E-state index contributed by atoms with van der Waals surface area (Å²) in [4.78, 5) is 0. The highest BCUT2D eigenvalue weighted by Gasteiger charge is 1.66. The molecule has 0 aromatic heterocycles. The number of hydrogen-bond acceptors (Lipinski definition) is 2. The van der Waals surface area contributed by atoms with Crippen LogP contribution in [0.3, 0.4) is 0 Å². The van der Waals surface area contributed by atoms with Crippen LogP contribution in [0.4, 0.5) is 0 Å². The zero-order chi connectivity index (χ0) is 4.99. The van der Waals surface area contributed by atoms with E-state index < -0.39 is 0 Å². The molecule has 0 amide bonds. The van der Waals surface area contributed by atoms with Crippen molar-refractivity contribution in [3.05, 3.63) is 0 Å². The van der Waals surface area contributed by atoms with E-state index in [0.29, 0.717) is 0 Å². The summed E-state index contributed by atoms with van der Waals surface area (Å²) in [5.74, 6) is 0. The van der Waals surface area contributed by atoms with Crippen molar-refractivity contribution in [1.29, 1.82) is 0 Å². The SMILES string of the molecule is C/C=N\N(C)C. The van der Waals surface area contributed by atoms with Crippen molar-refractivity contribution in [1.82, 2.24) is 5.01 Å². The molecule has 0 N–H and O–H groups in total. The largest absolute Gasteiger partial charge is 0.304 e. The number of nitrogens with zero attached hydrogens (tertiary/aromatic N) is 2. The smallest absolute Gasteiger partial charge is 0.0244 e. The minimum atomic E-state index is 1.75. The standard InChI is InChI=1S/C4H10N2/c1-4-5-6(2)3/h4H,1-3H3/b5-4-. The first kappa shape index (κ1) is 5.47. The summed E-state index contributed by atoms with van der Waals surface area (Å²) in [5, 5.41) is 5.58. The van der Waals surface area contributed by atoms with Gasteiger partial charge in [-0.05, 0) is 6.92 Å². The van der Waals surface area contributed by atoms with Crippen LogP contribution in [-0.2, 0) is 0 Å². The van der Waals surface area contributed by atoms with Gasteiger partial charge in [-0.1, -0.05) is 0 Å². The molecule has 2 nitrogen and oxygen atoms in total. The van der Waals surface area contributed by atoms with E-state index in [-0.39, 0.29) is 0 Å². The van der Waals surface area contributed by atoms with Crippen LogP contribution in [0.25, 0.3) is 0 Å². The van der Waals surface area contributed by atoms with Gasteiger partial charge in [0.1, 0.15) is 0 Å². The highest BCUT2D eigenvalue weighted by Crippen LogP contribution is 1.67. The van der Waals surface area contributed by atoms with Crippen molar-refractivity contribution < 1.29 is 0 Å². The van der Waals surface area contributed by atoms with Crippen molar-refractivity contribution in [2.75, 3.05) is 14.1 Å². The molecule has 0 rings (SSSR count). The molecule has 0 atom stereocenters. The van der Waals surface area contributed by atoms with E-state index in [4.69, 9.17) is 0 Å². The van der Waals surface area contributed by atoms with E-state index >= 15 is 0 Å². The van der Waals surface area contributed by atoms with Crippen LogP contribution >= 0.6 is 0 Å². The van der Waals surface area contributed by atoms with Gasteiger partial charge in [0.25, 0.3) is 0 Å². The Morgan fingerprint density at radius 2 is 2.00 bits per heavy atom. The molecular formula is C4H10N2. The van der Waals surface area contributed by atoms with Crippen molar-refractivity contribution in [2.24, 2.45) is 5.10 Å². The lowest BCUT2D eigenvalue weighted by Crippen LogP contribution is -2.00. The maximum atomic E-state index is 3.83. The van der Waals surface area contributed by atoms with Crippen molar-refractivity contribution in [3.63, 3.8) is 0 Å². The quantitative estimate of drug-likeness (QED) is 0.336. The summed E-state index contributed by atoms with van der Waals surface area (Å²) in [6, 6.07) is 0. The molecule has 0 saturated carbocycles. The normalized spacial score (nSPS) is 9.83. The minimum Gasteiger partial charge on any atom is -0.304 e. The lowest BCUT2D eigenvalue weighted by atomic mass is 10.9. The predicted molar refractivity (Wildman–Crippen MR) is 27.9 cm³/mol. The zero-order valence-electron chi connectivity index (χ0n) is 4.47. The fourth-order valence-electron chi connectivity index (χ4n) is 0.231. The second kappa shape index (κ2) is 2.69. The van der Waals surface area contributed by atoms with Gasteiger partial charge < -0.3 is 5.01 Å². The highest BCUT2D eigenvalue weighted by molar-refractivity contribution is 5.52. The summed E-state index contributed by atoms with van der Waals surface area (Å²) in [5.41, 5.74) is 0. The van der Waals surface area contributed by atoms with Crippen LogP contribution in [-0.4, -0.2) is 25.3 Å². The van der Waals surface area contributed by atoms with Crippen LogP contribution in [0.5, 0.6) is 0 Å². The molecule has 0 aliphatic carbocycles. The Bertz CT molecular complexity index is 47.5. The van der Waals surface area contributed by atoms with Gasteiger partial charge in [0, 0.05) is 20.3 Å². The zero-order valence-corrected chi connectivity index (χ0v) is 4.47. The maximum absolute atomic E-state index is 3.83. The second-order valence-electron chi connectivity index (χ2n) is 1.22. The van der Waals surface area contributed by atoms with Gasteiger partial charge in [-0.2, -0.15) is 5.10 Å². The third-order valence-electron chi connectivity index (χ3n) is 0.346. The molecule has 0 radical (unpaired) electrons. The molecule has 36 valence electrons. The van der Waals surface area contributed by atoms with E-state index in [1.165, 1.54) is 0 Å². The Morgan fingerprint density at radius 1 is 1.50 bits per heavy atom. The molecule has 2 heteroatoms. The van der Waals surface area contributed by atoms with Crippen molar-refractivity contribution in [3.8, 4) is 0 Å². The Balaban J connectivity index is 3.03. The van der Waals surface area contributed by atoms with Crippen molar-refractivity contribution >= 4 is 6.21 Å². The fourth-order valence-corrected chi connectivity index (χ4v) is 0.231. The second-order valence-corrected chi connectivity index (χ2v) is 1.22. The third kappa shape index (κ3) is 3.47. The van der Waals surface area contributed by atoms with E-state index in [1.807, 2.05) is 21.0 Å². The molecule has 0 aromatic rings. The van der Waals surface area contributed by atoms with E-state index in [9.17, 15) is 0 Å². The topological polar surface area (TPSA) is 15.6 Å². The first-order valence-electron chi connectivity index (χ1n) is 1.93. The molecule has 0 aliphatic heterocycles. The first-order chi connectivity index (χ1) is 2.77. The van der Waals surface area contributed by atoms with Crippen LogP contribution in [0.1, 0.15) is 6.92 Å². The minimum absolute atomic E-state index is 1.75. The molecule has 0 spiro atoms. The summed E-state index contributed by atoms with van der Waals surface area (Å²) >= 11 is 0. The van der Waals surface area contributed by atoms with Gasteiger partial charge in [-0.3, -0.25) is 0 Å². The summed E-state index contributed by atoms with van der Waals surface area (Å²) in [6.07, 6.45) is 1.75. The average Bonchev–Trinajstić information content (AvgIpc) is 1.35.